The van der Waals surface area contributed by atoms with E-state index in [1.54, 1.807) is 0 Å². The minimum atomic E-state index is -2.81. The molecular formula is C13H27NO2S. The van der Waals surface area contributed by atoms with Gasteiger partial charge in [0.05, 0.1) is 0 Å². The highest BCUT2D eigenvalue weighted by Gasteiger charge is 2.14. The first-order chi connectivity index (χ1) is 7.97. The molecule has 102 valence electrons. The van der Waals surface area contributed by atoms with Crippen LogP contribution in [-0.4, -0.2) is 26.5 Å². The molecule has 1 atom stereocenters. The van der Waals surface area contributed by atoms with E-state index in [1.165, 1.54) is 44.8 Å². The predicted molar refractivity (Wildman–Crippen MR) is 72.7 cm³/mol. The van der Waals surface area contributed by atoms with Gasteiger partial charge >= 0.3 is 0 Å². The molecule has 1 rings (SSSR count). The summed E-state index contributed by atoms with van der Waals surface area (Å²) in [4.78, 5) is 0. The molecule has 0 amide bonds. The summed E-state index contributed by atoms with van der Waals surface area (Å²) < 4.78 is 22.0. The van der Waals surface area contributed by atoms with Crippen molar-refractivity contribution >= 4 is 9.84 Å². The van der Waals surface area contributed by atoms with Crippen molar-refractivity contribution in [2.45, 2.75) is 63.8 Å². The molecule has 0 bridgehead atoms. The largest absolute Gasteiger partial charge is 0.328 e. The van der Waals surface area contributed by atoms with E-state index in [2.05, 4.69) is 0 Å². The molecule has 1 aliphatic carbocycles. The molecule has 3 nitrogen and oxygen atoms in total. The minimum absolute atomic E-state index is 0.193. The van der Waals surface area contributed by atoms with E-state index in [0.717, 1.165) is 18.8 Å². The maximum atomic E-state index is 11.0. The van der Waals surface area contributed by atoms with Crippen LogP contribution in [0.2, 0.25) is 0 Å². The topological polar surface area (TPSA) is 60.2 Å². The third-order valence-corrected chi connectivity index (χ3v) is 4.79. The second-order valence-electron chi connectivity index (χ2n) is 5.61. The average molecular weight is 261 g/mol. The maximum absolute atomic E-state index is 11.0. The van der Waals surface area contributed by atoms with Crippen LogP contribution in [0.15, 0.2) is 0 Å². The van der Waals surface area contributed by atoms with E-state index < -0.39 is 9.84 Å². The van der Waals surface area contributed by atoms with E-state index in [1.807, 2.05) is 0 Å². The van der Waals surface area contributed by atoms with E-state index >= 15 is 0 Å². The number of hydrogen-bond acceptors (Lipinski definition) is 3. The molecule has 1 saturated carbocycles. The van der Waals surface area contributed by atoms with Crippen molar-refractivity contribution in [2.24, 2.45) is 11.7 Å². The van der Waals surface area contributed by atoms with Crippen LogP contribution in [-0.2, 0) is 9.84 Å². The summed E-state index contributed by atoms with van der Waals surface area (Å²) in [6.07, 6.45) is 12.1. The van der Waals surface area contributed by atoms with Gasteiger partial charge in [-0.25, -0.2) is 8.42 Å². The van der Waals surface area contributed by atoms with Crippen molar-refractivity contribution in [3.8, 4) is 0 Å². The fraction of sp³-hybridized carbons (Fsp3) is 1.00. The van der Waals surface area contributed by atoms with Crippen molar-refractivity contribution < 1.29 is 8.42 Å². The van der Waals surface area contributed by atoms with Crippen LogP contribution >= 0.6 is 0 Å². The van der Waals surface area contributed by atoms with Gasteiger partial charge in [-0.15, -0.1) is 0 Å². The standard InChI is InChI=1S/C13H27NO2S/c1-17(15,16)11-5-8-13(14)10-9-12-6-3-2-4-7-12/h12-13H,2-11,14H2,1H3. The zero-order chi connectivity index (χ0) is 12.7. The lowest BCUT2D eigenvalue weighted by molar-refractivity contribution is 0.320. The molecule has 1 aliphatic rings. The number of hydrogen-bond donors (Lipinski definition) is 1. The summed E-state index contributed by atoms with van der Waals surface area (Å²) in [6, 6.07) is 0.193. The van der Waals surface area contributed by atoms with E-state index in [9.17, 15) is 8.42 Å². The van der Waals surface area contributed by atoms with Gasteiger partial charge in [-0.2, -0.15) is 0 Å². The normalized spacial score (nSPS) is 20.4. The predicted octanol–water partition coefficient (Wildman–Crippen LogP) is 2.50. The van der Waals surface area contributed by atoms with Crippen molar-refractivity contribution in [3.63, 3.8) is 0 Å². The monoisotopic (exact) mass is 261 g/mol. The molecule has 1 fully saturated rings. The first kappa shape index (κ1) is 15.0. The van der Waals surface area contributed by atoms with Crippen molar-refractivity contribution in [1.82, 2.24) is 0 Å². The lowest BCUT2D eigenvalue weighted by Gasteiger charge is -2.22. The summed E-state index contributed by atoms with van der Waals surface area (Å²) in [7, 11) is -2.81. The zero-order valence-corrected chi connectivity index (χ0v) is 11.8. The third-order valence-electron chi connectivity index (χ3n) is 3.76. The molecular weight excluding hydrogens is 234 g/mol. The summed E-state index contributed by atoms with van der Waals surface area (Å²) in [5.41, 5.74) is 6.03. The second-order valence-corrected chi connectivity index (χ2v) is 7.87. The van der Waals surface area contributed by atoms with Gasteiger partial charge in [-0.3, -0.25) is 0 Å². The van der Waals surface area contributed by atoms with Gasteiger partial charge < -0.3 is 5.73 Å². The minimum Gasteiger partial charge on any atom is -0.328 e. The summed E-state index contributed by atoms with van der Waals surface area (Å²) >= 11 is 0. The fourth-order valence-corrected chi connectivity index (χ4v) is 3.37. The lowest BCUT2D eigenvalue weighted by Crippen LogP contribution is -2.22. The summed E-state index contributed by atoms with van der Waals surface area (Å²) in [5, 5.41) is 0. The van der Waals surface area contributed by atoms with Crippen LogP contribution in [0.25, 0.3) is 0 Å². The smallest absolute Gasteiger partial charge is 0.147 e. The molecule has 0 aromatic rings. The van der Waals surface area contributed by atoms with Gasteiger partial charge in [0.15, 0.2) is 0 Å². The molecule has 1 unspecified atom stereocenters. The van der Waals surface area contributed by atoms with E-state index in [4.69, 9.17) is 5.73 Å². The van der Waals surface area contributed by atoms with E-state index in [-0.39, 0.29) is 11.8 Å². The molecule has 0 saturated heterocycles. The number of sulfone groups is 1. The Hall–Kier alpha value is -0.0900. The Bertz CT molecular complexity index is 295. The Morgan fingerprint density at radius 2 is 1.82 bits per heavy atom. The first-order valence-corrected chi connectivity index (χ1v) is 8.97. The summed E-state index contributed by atoms with van der Waals surface area (Å²) in [5.74, 6) is 1.16. The highest BCUT2D eigenvalue weighted by atomic mass is 32.2. The molecule has 0 aromatic carbocycles. The first-order valence-electron chi connectivity index (χ1n) is 6.90. The van der Waals surface area contributed by atoms with Gasteiger partial charge in [0.2, 0.25) is 0 Å². The van der Waals surface area contributed by atoms with Gasteiger partial charge in [-0.1, -0.05) is 32.1 Å². The summed E-state index contributed by atoms with van der Waals surface area (Å²) in [6.45, 7) is 0. The molecule has 0 aromatic heterocycles. The van der Waals surface area contributed by atoms with Crippen LogP contribution in [0.3, 0.4) is 0 Å². The fourth-order valence-electron chi connectivity index (χ4n) is 2.68. The van der Waals surface area contributed by atoms with Gasteiger partial charge in [0.25, 0.3) is 0 Å². The van der Waals surface area contributed by atoms with Crippen LogP contribution < -0.4 is 5.73 Å². The van der Waals surface area contributed by atoms with Gasteiger partial charge in [-0.05, 0) is 31.6 Å². The van der Waals surface area contributed by atoms with Crippen molar-refractivity contribution in [2.75, 3.05) is 12.0 Å². The SMILES string of the molecule is CS(=O)(=O)CCCC(N)CCC1CCCCC1. The zero-order valence-electron chi connectivity index (χ0n) is 11.0. The Kier molecular flexibility index (Phi) is 6.49. The maximum Gasteiger partial charge on any atom is 0.147 e. The molecule has 0 aliphatic heterocycles. The van der Waals surface area contributed by atoms with Gasteiger partial charge in [0, 0.05) is 18.1 Å². The highest BCUT2D eigenvalue weighted by molar-refractivity contribution is 7.90. The number of rotatable bonds is 7. The molecule has 0 spiro atoms. The molecule has 2 N–H and O–H groups in total. The highest BCUT2D eigenvalue weighted by Crippen LogP contribution is 2.27. The molecule has 17 heavy (non-hydrogen) atoms. The quantitative estimate of drug-likeness (QED) is 0.766. The second kappa shape index (κ2) is 7.37. The van der Waals surface area contributed by atoms with Crippen LogP contribution in [0.5, 0.6) is 0 Å². The van der Waals surface area contributed by atoms with Crippen molar-refractivity contribution in [3.05, 3.63) is 0 Å². The Balaban J connectivity index is 2.06. The lowest BCUT2D eigenvalue weighted by atomic mass is 9.85. The van der Waals surface area contributed by atoms with Crippen LogP contribution in [0, 0.1) is 5.92 Å². The van der Waals surface area contributed by atoms with E-state index in [0.29, 0.717) is 6.42 Å². The Labute approximate surface area is 106 Å². The Morgan fingerprint density at radius 3 is 2.41 bits per heavy atom. The van der Waals surface area contributed by atoms with Crippen LogP contribution in [0.4, 0.5) is 0 Å². The third kappa shape index (κ3) is 7.77. The molecule has 4 heteroatoms. The number of nitrogens with two attached hydrogens (primary N) is 1. The average Bonchev–Trinajstić information content (AvgIpc) is 2.26. The molecule has 0 heterocycles. The van der Waals surface area contributed by atoms with Crippen molar-refractivity contribution in [1.29, 1.82) is 0 Å². The van der Waals surface area contributed by atoms with Crippen LogP contribution in [0.1, 0.15) is 57.8 Å². The Morgan fingerprint density at radius 1 is 1.18 bits per heavy atom. The van der Waals surface area contributed by atoms with Gasteiger partial charge in [0.1, 0.15) is 9.84 Å². The molecule has 0 radical (unpaired) electrons.